The van der Waals surface area contributed by atoms with Crippen LogP contribution >= 0.6 is 18.1 Å². The first-order valence-corrected chi connectivity index (χ1v) is 14.9. The zero-order valence-corrected chi connectivity index (χ0v) is 22.8. The number of imide groups is 1. The normalized spacial score (nSPS) is 29.8. The summed E-state index contributed by atoms with van der Waals surface area (Å²) in [7, 11) is 0. The highest BCUT2D eigenvalue weighted by atomic mass is 32.7. The topological polar surface area (TPSA) is 215 Å². The van der Waals surface area contributed by atoms with Crippen molar-refractivity contribution in [3.63, 3.8) is 0 Å². The minimum atomic E-state index is -4.01. The van der Waals surface area contributed by atoms with Crippen LogP contribution in [0.2, 0.25) is 0 Å². The second kappa shape index (κ2) is 11.8. The van der Waals surface area contributed by atoms with Gasteiger partial charge in [-0.25, -0.2) is 9.88 Å². The predicted molar refractivity (Wildman–Crippen MR) is 133 cm³/mol. The summed E-state index contributed by atoms with van der Waals surface area (Å²) >= 11 is 0.684. The lowest BCUT2D eigenvalue weighted by molar-refractivity contribution is -0.149. The van der Waals surface area contributed by atoms with E-state index in [1.165, 1.54) is 13.8 Å². The number of aliphatic hydroxyl groups excluding tert-OH is 1. The first-order valence-electron chi connectivity index (χ1n) is 11.7. The Morgan fingerprint density at radius 2 is 2.03 bits per heavy atom. The van der Waals surface area contributed by atoms with Crippen molar-refractivity contribution < 1.29 is 43.2 Å². The first-order chi connectivity index (χ1) is 17.6. The van der Waals surface area contributed by atoms with Crippen LogP contribution < -0.4 is 21.7 Å². The Hall–Kier alpha value is -2.33. The lowest BCUT2D eigenvalue weighted by atomic mass is 9.96. The van der Waals surface area contributed by atoms with E-state index in [9.17, 15) is 38.8 Å². The highest BCUT2D eigenvalue weighted by molar-refractivity contribution is 8.56. The van der Waals surface area contributed by atoms with Crippen LogP contribution in [0.25, 0.3) is 0 Å². The number of nitrogens with one attached hydrogen (secondary N) is 3. The minimum absolute atomic E-state index is 0.0883. The molecule has 2 amide bonds. The summed E-state index contributed by atoms with van der Waals surface area (Å²) in [4.78, 5) is 61.4. The molecule has 0 aromatic carbocycles. The standard InChI is InChI=1S/C21H31N4O11PS/c1-10(2)35-18(30)11(3)24-37(33,38-9-12-7-15(27)22-17(12)29)34-8-13-16(28)21(4,32)19(36-13)25-6-5-14(26)23-20(25)31/h5-6,10-13,16,19,28,32H,7-9H2,1-4H3,(H,24,33)(H,22,27,29)(H,23,26,31)/t11-,12?,13-,16-,19?,21-,37?/m1/s1. The van der Waals surface area contributed by atoms with E-state index in [1.54, 1.807) is 13.8 Å². The molecular formula is C21H31N4O11PS. The van der Waals surface area contributed by atoms with Crippen molar-refractivity contribution in [3.05, 3.63) is 33.1 Å². The van der Waals surface area contributed by atoms with Crippen LogP contribution in [0.1, 0.15) is 40.3 Å². The average molecular weight is 579 g/mol. The van der Waals surface area contributed by atoms with Gasteiger partial charge >= 0.3 is 18.4 Å². The van der Waals surface area contributed by atoms with Crippen LogP contribution in [0.15, 0.2) is 21.9 Å². The molecule has 17 heteroatoms. The van der Waals surface area contributed by atoms with Crippen LogP contribution in [-0.2, 0) is 32.9 Å². The zero-order chi connectivity index (χ0) is 28.4. The maximum absolute atomic E-state index is 13.7. The molecule has 7 atom stereocenters. The molecular weight excluding hydrogens is 547 g/mol. The first kappa shape index (κ1) is 30.2. The van der Waals surface area contributed by atoms with E-state index >= 15 is 0 Å². The third-order valence-corrected chi connectivity index (χ3v) is 10.0. The molecule has 1 aromatic rings. The summed E-state index contributed by atoms with van der Waals surface area (Å²) in [6.45, 7) is 1.31. The second-order valence-electron chi connectivity index (χ2n) is 9.45. The Morgan fingerprint density at radius 1 is 1.34 bits per heavy atom. The monoisotopic (exact) mass is 578 g/mol. The number of ether oxygens (including phenoxy) is 2. The Kier molecular flexibility index (Phi) is 9.40. The number of H-pyrrole nitrogens is 1. The smallest absolute Gasteiger partial charge is 0.330 e. The van der Waals surface area contributed by atoms with Gasteiger partial charge < -0.3 is 24.2 Å². The molecule has 0 aliphatic carbocycles. The lowest BCUT2D eigenvalue weighted by Crippen LogP contribution is -2.47. The summed E-state index contributed by atoms with van der Waals surface area (Å²) in [5.41, 5.74) is -3.57. The van der Waals surface area contributed by atoms with E-state index in [-0.39, 0.29) is 12.2 Å². The zero-order valence-electron chi connectivity index (χ0n) is 21.1. The highest BCUT2D eigenvalue weighted by Crippen LogP contribution is 2.57. The van der Waals surface area contributed by atoms with Crippen LogP contribution in [0.5, 0.6) is 0 Å². The number of aliphatic hydroxyl groups is 2. The van der Waals surface area contributed by atoms with Gasteiger partial charge in [-0.2, -0.15) is 0 Å². The van der Waals surface area contributed by atoms with Crippen molar-refractivity contribution in [1.82, 2.24) is 20.0 Å². The predicted octanol–water partition coefficient (Wildman–Crippen LogP) is -1.00. The van der Waals surface area contributed by atoms with Crippen molar-refractivity contribution in [3.8, 4) is 0 Å². The van der Waals surface area contributed by atoms with Crippen LogP contribution in [0.4, 0.5) is 0 Å². The molecule has 38 heavy (non-hydrogen) atoms. The number of esters is 1. The summed E-state index contributed by atoms with van der Waals surface area (Å²) < 4.78 is 31.0. The van der Waals surface area contributed by atoms with Gasteiger partial charge in [-0.05, 0) is 27.7 Å². The maximum Gasteiger partial charge on any atom is 0.330 e. The lowest BCUT2D eigenvalue weighted by Gasteiger charge is -2.27. The number of carbonyl (C=O) groups is 3. The van der Waals surface area contributed by atoms with Gasteiger partial charge in [0.15, 0.2) is 6.23 Å². The molecule has 3 rings (SSSR count). The van der Waals surface area contributed by atoms with Crippen molar-refractivity contribution in [1.29, 1.82) is 0 Å². The number of hydrogen-bond donors (Lipinski definition) is 5. The number of nitrogens with zero attached hydrogens (tertiary/aromatic N) is 1. The molecule has 2 aliphatic rings. The fourth-order valence-electron chi connectivity index (χ4n) is 3.83. The third-order valence-electron chi connectivity index (χ3n) is 5.84. The summed E-state index contributed by atoms with van der Waals surface area (Å²) in [5.74, 6) is -2.56. The van der Waals surface area contributed by atoms with Gasteiger partial charge in [0.05, 0.1) is 18.6 Å². The molecule has 0 bridgehead atoms. The molecule has 15 nitrogen and oxygen atoms in total. The molecule has 1 aromatic heterocycles. The molecule has 2 aliphatic heterocycles. The second-order valence-corrected chi connectivity index (χ2v) is 13.8. The van der Waals surface area contributed by atoms with Crippen LogP contribution in [0.3, 0.4) is 0 Å². The molecule has 3 heterocycles. The van der Waals surface area contributed by atoms with Crippen molar-refractivity contribution in [2.75, 3.05) is 12.4 Å². The fraction of sp³-hybridized carbons (Fsp3) is 0.667. The molecule has 2 saturated heterocycles. The quantitative estimate of drug-likeness (QED) is 0.121. The molecule has 5 N–H and O–H groups in total. The molecule has 0 radical (unpaired) electrons. The largest absolute Gasteiger partial charge is 0.462 e. The molecule has 212 valence electrons. The van der Waals surface area contributed by atoms with Gasteiger partial charge in [-0.3, -0.25) is 38.6 Å². The van der Waals surface area contributed by atoms with Crippen molar-refractivity contribution in [2.24, 2.45) is 5.92 Å². The third kappa shape index (κ3) is 7.00. The molecule has 3 unspecified atom stereocenters. The molecule has 0 saturated carbocycles. The van der Waals surface area contributed by atoms with E-state index in [1.807, 2.05) is 4.98 Å². The SMILES string of the molecule is CC(C)OC(=O)[C@@H](C)NP(=O)(OC[C@H]1OC(n2ccc(=O)[nH]c2=O)[C@](C)(O)[C@@H]1O)SCC1CC(=O)NC1=O. The van der Waals surface area contributed by atoms with Gasteiger partial charge in [0, 0.05) is 24.4 Å². The minimum Gasteiger partial charge on any atom is -0.462 e. The summed E-state index contributed by atoms with van der Waals surface area (Å²) in [6.07, 6.45) is -3.78. The molecule has 0 spiro atoms. The van der Waals surface area contributed by atoms with Gasteiger partial charge in [0.2, 0.25) is 11.8 Å². The van der Waals surface area contributed by atoms with E-state index in [0.29, 0.717) is 11.4 Å². The van der Waals surface area contributed by atoms with Crippen LogP contribution in [0, 0.1) is 5.92 Å². The van der Waals surface area contributed by atoms with E-state index in [0.717, 1.165) is 16.8 Å². The Balaban J connectivity index is 1.76. The summed E-state index contributed by atoms with van der Waals surface area (Å²) in [6, 6.07) is -0.0624. The van der Waals surface area contributed by atoms with Gasteiger partial charge in [-0.1, -0.05) is 11.4 Å². The molecule has 2 fully saturated rings. The van der Waals surface area contributed by atoms with Crippen LogP contribution in [-0.4, -0.2) is 79.9 Å². The average Bonchev–Trinajstić information content (AvgIpc) is 3.25. The number of carbonyl (C=O) groups excluding carboxylic acids is 3. The van der Waals surface area contributed by atoms with Gasteiger partial charge in [0.25, 0.3) is 5.56 Å². The fourth-order valence-corrected chi connectivity index (χ4v) is 7.85. The highest BCUT2D eigenvalue weighted by Gasteiger charge is 2.54. The van der Waals surface area contributed by atoms with Gasteiger partial charge in [-0.15, -0.1) is 0 Å². The number of aromatic amines is 1. The number of hydrogen-bond acceptors (Lipinski definition) is 12. The Labute approximate surface area is 220 Å². The van der Waals surface area contributed by atoms with Crippen molar-refractivity contribution in [2.45, 2.75) is 70.3 Å². The number of amides is 2. The van der Waals surface area contributed by atoms with Crippen molar-refractivity contribution >= 4 is 35.9 Å². The number of aromatic nitrogens is 2. The van der Waals surface area contributed by atoms with E-state index < -0.39 is 84.5 Å². The summed E-state index contributed by atoms with van der Waals surface area (Å²) in [5, 5.41) is 26.3. The Bertz CT molecular complexity index is 1230. The van der Waals surface area contributed by atoms with Gasteiger partial charge in [0.1, 0.15) is 23.9 Å². The van der Waals surface area contributed by atoms with E-state index in [4.69, 9.17) is 14.0 Å². The Morgan fingerprint density at radius 3 is 2.61 bits per heavy atom. The number of rotatable bonds is 11. The maximum atomic E-state index is 13.7. The van der Waals surface area contributed by atoms with E-state index in [2.05, 4.69) is 10.4 Å².